The van der Waals surface area contributed by atoms with Gasteiger partial charge in [0.2, 0.25) is 15.9 Å². The molecule has 7 heteroatoms. The Balaban J connectivity index is 1.68. The van der Waals surface area contributed by atoms with Crippen molar-refractivity contribution in [2.45, 2.75) is 24.7 Å². The molecule has 0 unspecified atom stereocenters. The number of ketones is 1. The normalized spacial score (nSPS) is 15.9. The van der Waals surface area contributed by atoms with Gasteiger partial charge < -0.3 is 4.90 Å². The van der Waals surface area contributed by atoms with Gasteiger partial charge in [0, 0.05) is 37.3 Å². The molecular formula is C21H24N2O4S. The molecule has 0 atom stereocenters. The third kappa shape index (κ3) is 4.15. The van der Waals surface area contributed by atoms with Crippen LogP contribution in [0.25, 0.3) is 0 Å². The lowest BCUT2D eigenvalue weighted by Crippen LogP contribution is -2.43. The minimum absolute atomic E-state index is 0.00169. The van der Waals surface area contributed by atoms with Crippen LogP contribution in [0.4, 0.5) is 5.69 Å². The van der Waals surface area contributed by atoms with Crippen molar-refractivity contribution in [1.29, 1.82) is 0 Å². The number of anilines is 1. The van der Waals surface area contributed by atoms with E-state index in [1.165, 1.54) is 23.4 Å². The Bertz CT molecular complexity index is 965. The van der Waals surface area contributed by atoms with Gasteiger partial charge >= 0.3 is 0 Å². The predicted molar refractivity (Wildman–Crippen MR) is 108 cm³/mol. The summed E-state index contributed by atoms with van der Waals surface area (Å²) in [6.07, 6.45) is 0.948. The van der Waals surface area contributed by atoms with E-state index in [9.17, 15) is 18.0 Å². The van der Waals surface area contributed by atoms with E-state index in [4.69, 9.17) is 0 Å². The second-order valence-electron chi connectivity index (χ2n) is 7.00. The van der Waals surface area contributed by atoms with Crippen LogP contribution in [0, 0.1) is 5.92 Å². The molecule has 1 fully saturated rings. The number of amides is 1. The molecule has 148 valence electrons. The molecule has 0 radical (unpaired) electrons. The van der Waals surface area contributed by atoms with Gasteiger partial charge in [-0.25, -0.2) is 8.42 Å². The fourth-order valence-electron chi connectivity index (χ4n) is 3.42. The van der Waals surface area contributed by atoms with Crippen LogP contribution in [0.2, 0.25) is 0 Å². The number of hydrogen-bond acceptors (Lipinski definition) is 4. The summed E-state index contributed by atoms with van der Waals surface area (Å²) in [6.45, 7) is 1.98. The zero-order valence-electron chi connectivity index (χ0n) is 16.0. The first kappa shape index (κ1) is 20.2. The topological polar surface area (TPSA) is 74.8 Å². The van der Waals surface area contributed by atoms with E-state index in [-0.39, 0.29) is 35.6 Å². The Morgan fingerprint density at radius 2 is 1.64 bits per heavy atom. The first-order valence-electron chi connectivity index (χ1n) is 9.24. The van der Waals surface area contributed by atoms with Gasteiger partial charge in [0.15, 0.2) is 5.78 Å². The van der Waals surface area contributed by atoms with Gasteiger partial charge in [-0.05, 0) is 44.0 Å². The Morgan fingerprint density at radius 3 is 2.25 bits per heavy atom. The van der Waals surface area contributed by atoms with E-state index < -0.39 is 10.0 Å². The first-order valence-corrected chi connectivity index (χ1v) is 10.7. The standard InChI is InChI=1S/C21H24N2O4S/c1-16(24)18-7-6-10-20(15-18)28(26,27)23-13-11-17(12-14-23)21(25)22(2)19-8-4-3-5-9-19/h3-10,15,17H,11-14H2,1-2H3. The second kappa shape index (κ2) is 8.24. The maximum atomic E-state index is 12.9. The smallest absolute Gasteiger partial charge is 0.243 e. The molecule has 3 rings (SSSR count). The molecular weight excluding hydrogens is 376 g/mol. The average molecular weight is 401 g/mol. The molecule has 0 saturated carbocycles. The minimum atomic E-state index is -3.68. The zero-order valence-corrected chi connectivity index (χ0v) is 16.9. The molecule has 1 aliphatic heterocycles. The highest BCUT2D eigenvalue weighted by molar-refractivity contribution is 7.89. The number of sulfonamides is 1. The van der Waals surface area contributed by atoms with E-state index in [1.807, 2.05) is 30.3 Å². The largest absolute Gasteiger partial charge is 0.315 e. The van der Waals surface area contributed by atoms with Crippen LogP contribution in [0.3, 0.4) is 0 Å². The fourth-order valence-corrected chi connectivity index (χ4v) is 4.94. The van der Waals surface area contributed by atoms with Crippen LogP contribution >= 0.6 is 0 Å². The molecule has 2 aromatic carbocycles. The number of piperidine rings is 1. The Labute approximate surface area is 165 Å². The number of carbonyl (C=O) groups excluding carboxylic acids is 2. The minimum Gasteiger partial charge on any atom is -0.315 e. The molecule has 1 aliphatic rings. The maximum Gasteiger partial charge on any atom is 0.243 e. The van der Waals surface area contributed by atoms with E-state index in [2.05, 4.69) is 0 Å². The Morgan fingerprint density at radius 1 is 1.00 bits per heavy atom. The summed E-state index contributed by atoms with van der Waals surface area (Å²) in [5, 5.41) is 0. The Kier molecular flexibility index (Phi) is 5.96. The van der Waals surface area contributed by atoms with Crippen molar-refractivity contribution in [1.82, 2.24) is 4.31 Å². The summed E-state index contributed by atoms with van der Waals surface area (Å²) in [5.41, 5.74) is 1.19. The summed E-state index contributed by atoms with van der Waals surface area (Å²) < 4.78 is 27.2. The van der Waals surface area contributed by atoms with Crippen molar-refractivity contribution in [3.8, 4) is 0 Å². The highest BCUT2D eigenvalue weighted by Gasteiger charge is 2.33. The molecule has 0 spiro atoms. The van der Waals surface area contributed by atoms with Gasteiger partial charge in [-0.3, -0.25) is 9.59 Å². The first-order chi connectivity index (χ1) is 13.3. The highest BCUT2D eigenvalue weighted by atomic mass is 32.2. The number of Topliss-reactive ketones (excluding diaryl/α,β-unsaturated/α-hetero) is 1. The van der Waals surface area contributed by atoms with E-state index >= 15 is 0 Å². The molecule has 2 aromatic rings. The molecule has 0 N–H and O–H groups in total. The van der Waals surface area contributed by atoms with Gasteiger partial charge in [-0.2, -0.15) is 4.31 Å². The van der Waals surface area contributed by atoms with Crippen molar-refractivity contribution < 1.29 is 18.0 Å². The predicted octanol–water partition coefficient (Wildman–Crippen LogP) is 2.95. The van der Waals surface area contributed by atoms with Crippen LogP contribution in [-0.4, -0.2) is 44.6 Å². The highest BCUT2D eigenvalue weighted by Crippen LogP contribution is 2.26. The number of para-hydroxylation sites is 1. The van der Waals surface area contributed by atoms with E-state index in [1.54, 1.807) is 24.1 Å². The fraction of sp³-hybridized carbons (Fsp3) is 0.333. The number of nitrogens with zero attached hydrogens (tertiary/aromatic N) is 2. The Hall–Kier alpha value is -2.51. The summed E-state index contributed by atoms with van der Waals surface area (Å²) in [5.74, 6) is -0.382. The van der Waals surface area contributed by atoms with E-state index in [0.29, 0.717) is 18.4 Å². The van der Waals surface area contributed by atoms with Crippen molar-refractivity contribution in [3.05, 3.63) is 60.2 Å². The lowest BCUT2D eigenvalue weighted by Gasteiger charge is -2.32. The zero-order chi connectivity index (χ0) is 20.3. The molecule has 6 nitrogen and oxygen atoms in total. The number of carbonyl (C=O) groups is 2. The summed E-state index contributed by atoms with van der Waals surface area (Å²) in [4.78, 5) is 26.1. The number of hydrogen-bond donors (Lipinski definition) is 0. The van der Waals surface area contributed by atoms with Gasteiger partial charge in [-0.1, -0.05) is 30.3 Å². The molecule has 1 amide bonds. The summed E-state index contributed by atoms with van der Waals surface area (Å²) in [7, 11) is -1.94. The van der Waals surface area contributed by atoms with Crippen molar-refractivity contribution >= 4 is 27.4 Å². The quantitative estimate of drug-likeness (QED) is 0.723. The molecule has 1 heterocycles. The van der Waals surface area contributed by atoms with Gasteiger partial charge in [0.25, 0.3) is 0 Å². The van der Waals surface area contributed by atoms with E-state index in [0.717, 1.165) is 5.69 Å². The third-order valence-corrected chi connectivity index (χ3v) is 7.05. The van der Waals surface area contributed by atoms with Gasteiger partial charge in [0.1, 0.15) is 0 Å². The van der Waals surface area contributed by atoms with Crippen LogP contribution in [0.15, 0.2) is 59.5 Å². The third-order valence-electron chi connectivity index (χ3n) is 5.16. The molecule has 0 bridgehead atoms. The monoisotopic (exact) mass is 400 g/mol. The van der Waals surface area contributed by atoms with Crippen molar-refractivity contribution in [3.63, 3.8) is 0 Å². The SMILES string of the molecule is CC(=O)c1cccc(S(=O)(=O)N2CCC(C(=O)N(C)c3ccccc3)CC2)c1. The molecule has 0 aromatic heterocycles. The number of benzene rings is 2. The molecule has 28 heavy (non-hydrogen) atoms. The van der Waals surface area contributed by atoms with Gasteiger partial charge in [-0.15, -0.1) is 0 Å². The van der Waals surface area contributed by atoms with Crippen LogP contribution in [0.5, 0.6) is 0 Å². The number of rotatable bonds is 5. The maximum absolute atomic E-state index is 12.9. The lowest BCUT2D eigenvalue weighted by atomic mass is 9.96. The summed E-state index contributed by atoms with van der Waals surface area (Å²) in [6, 6.07) is 15.5. The summed E-state index contributed by atoms with van der Waals surface area (Å²) >= 11 is 0. The van der Waals surface area contributed by atoms with Crippen molar-refractivity contribution in [2.75, 3.05) is 25.0 Å². The second-order valence-corrected chi connectivity index (χ2v) is 8.93. The molecule has 1 saturated heterocycles. The molecule has 0 aliphatic carbocycles. The van der Waals surface area contributed by atoms with Gasteiger partial charge in [0.05, 0.1) is 4.90 Å². The van der Waals surface area contributed by atoms with Crippen LogP contribution in [0.1, 0.15) is 30.1 Å². The van der Waals surface area contributed by atoms with Crippen LogP contribution < -0.4 is 4.90 Å². The van der Waals surface area contributed by atoms with Crippen LogP contribution in [-0.2, 0) is 14.8 Å². The average Bonchev–Trinajstić information content (AvgIpc) is 2.73. The van der Waals surface area contributed by atoms with Crippen molar-refractivity contribution in [2.24, 2.45) is 5.92 Å². The lowest BCUT2D eigenvalue weighted by molar-refractivity contribution is -0.123.